The number of piperazine rings is 1. The average Bonchev–Trinajstić information content (AvgIpc) is 2.79. The van der Waals surface area contributed by atoms with Crippen LogP contribution in [-0.4, -0.2) is 41.2 Å². The van der Waals surface area contributed by atoms with E-state index in [0.29, 0.717) is 31.7 Å². The molecule has 1 saturated heterocycles. The van der Waals surface area contributed by atoms with Crippen molar-refractivity contribution in [3.8, 4) is 0 Å². The zero-order valence-electron chi connectivity index (χ0n) is 17.0. The third-order valence-electron chi connectivity index (χ3n) is 5.66. The summed E-state index contributed by atoms with van der Waals surface area (Å²) in [6.45, 7) is 2.90. The molecule has 0 bridgehead atoms. The van der Waals surface area contributed by atoms with Gasteiger partial charge in [0.05, 0.1) is 5.56 Å². The summed E-state index contributed by atoms with van der Waals surface area (Å²) < 4.78 is 39.9. The minimum absolute atomic E-state index is 0.267. The van der Waals surface area contributed by atoms with E-state index in [4.69, 9.17) is 0 Å². The molecule has 162 valence electrons. The molecule has 0 saturated carbocycles. The number of anilines is 1. The van der Waals surface area contributed by atoms with Crippen molar-refractivity contribution in [3.63, 3.8) is 0 Å². The van der Waals surface area contributed by atoms with Crippen molar-refractivity contribution in [2.24, 2.45) is 0 Å². The molecule has 0 amide bonds. The Morgan fingerprint density at radius 1 is 0.903 bits per heavy atom. The first-order valence-corrected chi connectivity index (χ1v) is 10.2. The highest BCUT2D eigenvalue weighted by molar-refractivity contribution is 5.56. The number of aromatic nitrogens is 1. The summed E-state index contributed by atoms with van der Waals surface area (Å²) >= 11 is 0. The predicted molar refractivity (Wildman–Crippen MR) is 114 cm³/mol. The zero-order valence-corrected chi connectivity index (χ0v) is 17.0. The number of hydrogen-bond acceptors (Lipinski definition) is 4. The first-order chi connectivity index (χ1) is 14.9. The second kappa shape index (κ2) is 9.08. The molecule has 4 nitrogen and oxygen atoms in total. The maximum absolute atomic E-state index is 13.3. The minimum Gasteiger partial charge on any atom is -0.384 e. The van der Waals surface area contributed by atoms with Crippen LogP contribution in [0.1, 0.15) is 28.4 Å². The molecule has 1 aromatic heterocycles. The summed E-state index contributed by atoms with van der Waals surface area (Å²) in [6, 6.07) is 17.1. The zero-order chi connectivity index (χ0) is 21.8. The van der Waals surface area contributed by atoms with Gasteiger partial charge in [-0.25, -0.2) is 0 Å². The number of nitrogens with zero attached hydrogens (tertiary/aromatic N) is 3. The van der Waals surface area contributed by atoms with E-state index in [1.807, 2.05) is 35.2 Å². The van der Waals surface area contributed by atoms with Crippen LogP contribution in [0, 0.1) is 0 Å². The van der Waals surface area contributed by atoms with Crippen molar-refractivity contribution in [3.05, 3.63) is 95.3 Å². The summed E-state index contributed by atoms with van der Waals surface area (Å²) in [4.78, 5) is 8.31. The van der Waals surface area contributed by atoms with E-state index in [1.165, 1.54) is 6.07 Å². The van der Waals surface area contributed by atoms with Gasteiger partial charge in [0.25, 0.3) is 0 Å². The van der Waals surface area contributed by atoms with Crippen LogP contribution < -0.4 is 4.90 Å². The van der Waals surface area contributed by atoms with Gasteiger partial charge in [-0.3, -0.25) is 9.88 Å². The average molecular weight is 427 g/mol. The molecule has 3 aromatic rings. The molecule has 1 atom stereocenters. The van der Waals surface area contributed by atoms with Crippen LogP contribution in [0.3, 0.4) is 0 Å². The number of rotatable bonds is 5. The molecule has 1 aliphatic heterocycles. The maximum atomic E-state index is 13.3. The van der Waals surface area contributed by atoms with Gasteiger partial charge in [0.1, 0.15) is 6.10 Å². The third-order valence-corrected chi connectivity index (χ3v) is 5.66. The van der Waals surface area contributed by atoms with Crippen molar-refractivity contribution in [1.82, 2.24) is 9.88 Å². The number of alkyl halides is 3. The number of hydrogen-bond donors (Lipinski definition) is 1. The Kier molecular flexibility index (Phi) is 6.25. The number of benzene rings is 2. The van der Waals surface area contributed by atoms with Gasteiger partial charge in [-0.05, 0) is 23.8 Å². The van der Waals surface area contributed by atoms with Gasteiger partial charge in [0.2, 0.25) is 0 Å². The van der Waals surface area contributed by atoms with Gasteiger partial charge in [-0.15, -0.1) is 0 Å². The monoisotopic (exact) mass is 427 g/mol. The molecule has 7 heteroatoms. The topological polar surface area (TPSA) is 39.6 Å². The van der Waals surface area contributed by atoms with Crippen molar-refractivity contribution >= 4 is 5.69 Å². The summed E-state index contributed by atoms with van der Waals surface area (Å²) in [5.74, 6) is 0. The maximum Gasteiger partial charge on any atom is 0.416 e. The van der Waals surface area contributed by atoms with Gasteiger partial charge in [-0.2, -0.15) is 13.2 Å². The Morgan fingerprint density at radius 2 is 1.61 bits per heavy atom. The Hall–Kier alpha value is -2.90. The lowest BCUT2D eigenvalue weighted by atomic mass is 10.00. The highest BCUT2D eigenvalue weighted by atomic mass is 19.4. The Labute approximate surface area is 179 Å². The quantitative estimate of drug-likeness (QED) is 0.651. The van der Waals surface area contributed by atoms with Crippen molar-refractivity contribution in [2.45, 2.75) is 18.8 Å². The smallest absolute Gasteiger partial charge is 0.384 e. The number of para-hydroxylation sites is 1. The molecule has 31 heavy (non-hydrogen) atoms. The van der Waals surface area contributed by atoms with Crippen LogP contribution in [0.25, 0.3) is 0 Å². The van der Waals surface area contributed by atoms with Gasteiger partial charge in [0, 0.05) is 61.9 Å². The summed E-state index contributed by atoms with van der Waals surface area (Å²) in [6.07, 6.45) is -1.82. The fourth-order valence-electron chi connectivity index (χ4n) is 4.05. The second-order valence-electron chi connectivity index (χ2n) is 7.67. The molecule has 1 N–H and O–H groups in total. The van der Waals surface area contributed by atoms with E-state index in [0.717, 1.165) is 22.9 Å². The van der Waals surface area contributed by atoms with E-state index in [1.54, 1.807) is 30.6 Å². The van der Waals surface area contributed by atoms with Crippen LogP contribution >= 0.6 is 0 Å². The third kappa shape index (κ3) is 4.89. The molecule has 1 fully saturated rings. The fourth-order valence-corrected chi connectivity index (χ4v) is 4.05. The molecule has 2 aromatic carbocycles. The van der Waals surface area contributed by atoms with Gasteiger partial charge >= 0.3 is 6.18 Å². The first kappa shape index (κ1) is 21.3. The lowest BCUT2D eigenvalue weighted by Crippen LogP contribution is -2.46. The van der Waals surface area contributed by atoms with E-state index in [2.05, 4.69) is 9.88 Å². The SMILES string of the molecule is OC(c1cccnc1)c1ccccc1N1CCN(Cc2ccccc2C(F)(F)F)CC1. The molecule has 0 spiro atoms. The Bertz CT molecular complexity index is 1000. The number of pyridine rings is 1. The second-order valence-corrected chi connectivity index (χ2v) is 7.67. The summed E-state index contributed by atoms with van der Waals surface area (Å²) in [5.41, 5.74) is 2.19. The van der Waals surface area contributed by atoms with Crippen LogP contribution in [0.4, 0.5) is 18.9 Å². The predicted octanol–water partition coefficient (Wildman–Crippen LogP) is 4.50. The van der Waals surface area contributed by atoms with E-state index in [-0.39, 0.29) is 6.54 Å². The van der Waals surface area contributed by atoms with Crippen LogP contribution in [-0.2, 0) is 12.7 Å². The van der Waals surface area contributed by atoms with Crippen molar-refractivity contribution < 1.29 is 18.3 Å². The van der Waals surface area contributed by atoms with Gasteiger partial charge < -0.3 is 10.0 Å². The lowest BCUT2D eigenvalue weighted by molar-refractivity contribution is -0.138. The fraction of sp³-hybridized carbons (Fsp3) is 0.292. The molecule has 2 heterocycles. The molecular weight excluding hydrogens is 403 g/mol. The highest BCUT2D eigenvalue weighted by Crippen LogP contribution is 2.33. The highest BCUT2D eigenvalue weighted by Gasteiger charge is 2.33. The van der Waals surface area contributed by atoms with Gasteiger partial charge in [-0.1, -0.05) is 42.5 Å². The standard InChI is InChI=1S/C24H24F3N3O/c25-24(26,27)21-9-3-1-6-19(21)17-29-12-14-30(15-13-29)22-10-4-2-8-20(22)23(31)18-7-5-11-28-16-18/h1-11,16,23,31H,12-15,17H2. The summed E-state index contributed by atoms with van der Waals surface area (Å²) in [5, 5.41) is 10.9. The van der Waals surface area contributed by atoms with E-state index >= 15 is 0 Å². The number of aliphatic hydroxyl groups excluding tert-OH is 1. The molecule has 0 aliphatic carbocycles. The molecule has 0 radical (unpaired) electrons. The van der Waals surface area contributed by atoms with Crippen molar-refractivity contribution in [2.75, 3.05) is 31.1 Å². The van der Waals surface area contributed by atoms with Crippen LogP contribution in [0.5, 0.6) is 0 Å². The van der Waals surface area contributed by atoms with Crippen molar-refractivity contribution in [1.29, 1.82) is 0 Å². The lowest BCUT2D eigenvalue weighted by Gasteiger charge is -2.37. The van der Waals surface area contributed by atoms with Crippen LogP contribution in [0.15, 0.2) is 73.1 Å². The number of halogens is 3. The first-order valence-electron chi connectivity index (χ1n) is 10.2. The summed E-state index contributed by atoms with van der Waals surface area (Å²) in [7, 11) is 0. The Balaban J connectivity index is 1.46. The van der Waals surface area contributed by atoms with Gasteiger partial charge in [0.15, 0.2) is 0 Å². The normalized spacial score (nSPS) is 16.3. The minimum atomic E-state index is -4.35. The molecule has 4 rings (SSSR count). The molecular formula is C24H24F3N3O. The van der Waals surface area contributed by atoms with E-state index < -0.39 is 17.8 Å². The molecule has 1 unspecified atom stereocenters. The number of aliphatic hydroxyl groups is 1. The largest absolute Gasteiger partial charge is 0.416 e. The van der Waals surface area contributed by atoms with E-state index in [9.17, 15) is 18.3 Å². The Morgan fingerprint density at radius 3 is 2.32 bits per heavy atom. The molecule has 1 aliphatic rings. The van der Waals surface area contributed by atoms with Crippen LogP contribution in [0.2, 0.25) is 0 Å².